The van der Waals surface area contributed by atoms with E-state index in [0.717, 1.165) is 14.9 Å². The number of nitrogens with zero attached hydrogens (tertiary/aromatic N) is 3. The van der Waals surface area contributed by atoms with Crippen molar-refractivity contribution in [3.63, 3.8) is 0 Å². The van der Waals surface area contributed by atoms with Crippen LogP contribution in [-0.2, 0) is 14.4 Å². The van der Waals surface area contributed by atoms with Gasteiger partial charge in [0.15, 0.2) is 0 Å². The first-order chi connectivity index (χ1) is 14.8. The number of amides is 5. The van der Waals surface area contributed by atoms with Gasteiger partial charge in [0.05, 0.1) is 23.0 Å². The number of urea groups is 1. The fourth-order valence-electron chi connectivity index (χ4n) is 3.37. The smallest absolute Gasteiger partial charge is 0.273 e. The Hall–Kier alpha value is -3.59. The Morgan fingerprint density at radius 1 is 1.00 bits per heavy atom. The van der Waals surface area contributed by atoms with Crippen LogP contribution in [-0.4, -0.2) is 29.5 Å². The third-order valence-electron chi connectivity index (χ3n) is 5.02. The number of benzene rings is 2. The number of aryl methyl sites for hydroxylation is 1. The number of carbonyl (C=O) groups excluding carboxylic acids is 4. The summed E-state index contributed by atoms with van der Waals surface area (Å²) in [6.45, 7) is 3.46. The van der Waals surface area contributed by atoms with Crippen molar-refractivity contribution in [2.24, 2.45) is 11.0 Å². The van der Waals surface area contributed by atoms with Crippen LogP contribution in [0, 0.1) is 12.8 Å². The fraction of sp³-hybridized carbons (Fsp3) is 0.136. The zero-order valence-electron chi connectivity index (χ0n) is 16.6. The van der Waals surface area contributed by atoms with Crippen molar-refractivity contribution >= 4 is 56.8 Å². The molecule has 2 aromatic carbocycles. The van der Waals surface area contributed by atoms with Crippen LogP contribution in [0.5, 0.6) is 0 Å². The molecule has 0 aliphatic carbocycles. The molecule has 0 radical (unpaired) electrons. The molecule has 4 rings (SSSR count). The lowest BCUT2D eigenvalue weighted by Crippen LogP contribution is -2.54. The van der Waals surface area contributed by atoms with Gasteiger partial charge in [-0.3, -0.25) is 19.7 Å². The summed E-state index contributed by atoms with van der Waals surface area (Å²) < 4.78 is 0.817. The highest BCUT2D eigenvalue weighted by atomic mass is 79.9. The summed E-state index contributed by atoms with van der Waals surface area (Å²) in [6.07, 6.45) is 1.27. The van der Waals surface area contributed by atoms with Crippen molar-refractivity contribution in [1.82, 2.24) is 5.32 Å². The van der Waals surface area contributed by atoms with Gasteiger partial charge in [-0.05, 0) is 55.8 Å². The van der Waals surface area contributed by atoms with Gasteiger partial charge in [0, 0.05) is 4.47 Å². The van der Waals surface area contributed by atoms with Gasteiger partial charge in [-0.25, -0.2) is 9.69 Å². The second-order valence-corrected chi connectivity index (χ2v) is 7.97. The molecule has 0 bridgehead atoms. The van der Waals surface area contributed by atoms with E-state index in [1.807, 2.05) is 13.0 Å². The van der Waals surface area contributed by atoms with Crippen LogP contribution in [0.15, 0.2) is 69.8 Å². The highest BCUT2D eigenvalue weighted by molar-refractivity contribution is 9.10. The molecule has 31 heavy (non-hydrogen) atoms. The molecule has 1 N–H and O–H groups in total. The Labute approximate surface area is 186 Å². The molecule has 1 atom stereocenters. The molecular weight excluding hydrogens is 464 g/mol. The van der Waals surface area contributed by atoms with Gasteiger partial charge in [-0.2, -0.15) is 10.1 Å². The average Bonchev–Trinajstić information content (AvgIpc) is 3.02. The Morgan fingerprint density at radius 2 is 1.71 bits per heavy atom. The second kappa shape index (κ2) is 7.92. The lowest BCUT2D eigenvalue weighted by atomic mass is 9.98. The molecule has 0 saturated carbocycles. The van der Waals surface area contributed by atoms with Gasteiger partial charge in [0.2, 0.25) is 0 Å². The first-order valence-corrected chi connectivity index (χ1v) is 10.2. The third kappa shape index (κ3) is 3.68. The number of barbiturate groups is 1. The van der Waals surface area contributed by atoms with Gasteiger partial charge in [0.1, 0.15) is 5.57 Å². The molecule has 0 spiro atoms. The van der Waals surface area contributed by atoms with E-state index in [-0.39, 0.29) is 11.5 Å². The number of hydrazone groups is 1. The SMILES string of the molecule is CC1=NN(c2ccccc2)C(=O)[C@@H]1/C=C1\C(=O)NC(=O)N(c2ccc(Br)c(C)c2)C1=O. The Morgan fingerprint density at radius 3 is 2.39 bits per heavy atom. The summed E-state index contributed by atoms with van der Waals surface area (Å²) in [7, 11) is 0. The van der Waals surface area contributed by atoms with Crippen molar-refractivity contribution in [1.29, 1.82) is 0 Å². The monoisotopic (exact) mass is 480 g/mol. The predicted molar refractivity (Wildman–Crippen MR) is 119 cm³/mol. The van der Waals surface area contributed by atoms with Gasteiger partial charge in [-0.15, -0.1) is 0 Å². The molecule has 2 aliphatic rings. The molecule has 9 heteroatoms. The highest BCUT2D eigenvalue weighted by Crippen LogP contribution is 2.28. The molecule has 0 aromatic heterocycles. The molecule has 8 nitrogen and oxygen atoms in total. The van der Waals surface area contributed by atoms with Crippen molar-refractivity contribution in [3.05, 3.63) is 70.2 Å². The normalized spacial score (nSPS) is 20.4. The Balaban J connectivity index is 1.68. The number of rotatable bonds is 3. The van der Waals surface area contributed by atoms with E-state index in [1.165, 1.54) is 11.1 Å². The summed E-state index contributed by atoms with van der Waals surface area (Å²) in [4.78, 5) is 51.8. The number of carbonyl (C=O) groups is 4. The molecular formula is C22H17BrN4O4. The van der Waals surface area contributed by atoms with Crippen LogP contribution in [0.2, 0.25) is 0 Å². The van der Waals surface area contributed by atoms with E-state index < -0.39 is 23.8 Å². The zero-order chi connectivity index (χ0) is 22.3. The van der Waals surface area contributed by atoms with E-state index in [2.05, 4.69) is 26.3 Å². The van der Waals surface area contributed by atoms with Crippen LogP contribution < -0.4 is 15.2 Å². The number of para-hydroxylation sites is 1. The van der Waals surface area contributed by atoms with Crippen LogP contribution in [0.4, 0.5) is 16.2 Å². The number of anilines is 2. The lowest BCUT2D eigenvalue weighted by Gasteiger charge is -2.27. The minimum atomic E-state index is -0.897. The van der Waals surface area contributed by atoms with Crippen LogP contribution in [0.3, 0.4) is 0 Å². The summed E-state index contributed by atoms with van der Waals surface area (Å²) in [5.41, 5.74) is 1.85. The number of imide groups is 2. The van der Waals surface area contributed by atoms with Crippen LogP contribution >= 0.6 is 15.9 Å². The lowest BCUT2D eigenvalue weighted by molar-refractivity contribution is -0.122. The zero-order valence-corrected chi connectivity index (χ0v) is 18.2. The maximum atomic E-state index is 13.1. The second-order valence-electron chi connectivity index (χ2n) is 7.12. The van der Waals surface area contributed by atoms with Crippen LogP contribution in [0.25, 0.3) is 0 Å². The number of halogens is 1. The van der Waals surface area contributed by atoms with Gasteiger partial charge < -0.3 is 0 Å². The minimum absolute atomic E-state index is 0.289. The largest absolute Gasteiger partial charge is 0.335 e. The minimum Gasteiger partial charge on any atom is -0.273 e. The molecule has 2 aromatic rings. The molecule has 1 saturated heterocycles. The summed E-state index contributed by atoms with van der Waals surface area (Å²) in [5.74, 6) is -2.93. The van der Waals surface area contributed by atoms with Crippen molar-refractivity contribution in [2.45, 2.75) is 13.8 Å². The Bertz CT molecular complexity index is 1190. The first kappa shape index (κ1) is 20.7. The van der Waals surface area contributed by atoms with E-state index in [1.54, 1.807) is 49.4 Å². The molecule has 5 amide bonds. The van der Waals surface area contributed by atoms with Gasteiger partial charge >= 0.3 is 6.03 Å². The molecule has 0 unspecified atom stereocenters. The number of hydrogen-bond acceptors (Lipinski definition) is 5. The average molecular weight is 481 g/mol. The maximum Gasteiger partial charge on any atom is 0.335 e. The standard InChI is InChI=1S/C22H17BrN4O4/c1-12-10-15(8-9-18(12)23)26-20(29)17(19(28)24-22(26)31)11-16-13(2)25-27(21(16)30)14-6-4-3-5-7-14/h3-11,16H,1-2H3,(H,24,28,31)/b17-11+/t16-/m1/s1. The maximum absolute atomic E-state index is 13.1. The Kier molecular flexibility index (Phi) is 5.28. The van der Waals surface area contributed by atoms with E-state index in [0.29, 0.717) is 17.1 Å². The number of hydrogen-bond donors (Lipinski definition) is 1. The van der Waals surface area contributed by atoms with E-state index >= 15 is 0 Å². The summed E-state index contributed by atoms with van der Waals surface area (Å²) >= 11 is 3.38. The number of nitrogens with one attached hydrogen (secondary N) is 1. The van der Waals surface area contributed by atoms with E-state index in [4.69, 9.17) is 0 Å². The van der Waals surface area contributed by atoms with Gasteiger partial charge in [0.25, 0.3) is 17.7 Å². The van der Waals surface area contributed by atoms with Crippen LogP contribution in [0.1, 0.15) is 12.5 Å². The highest BCUT2D eigenvalue weighted by Gasteiger charge is 2.40. The fourth-order valence-corrected chi connectivity index (χ4v) is 3.62. The molecule has 2 aliphatic heterocycles. The molecule has 2 heterocycles. The first-order valence-electron chi connectivity index (χ1n) is 9.40. The summed E-state index contributed by atoms with van der Waals surface area (Å²) in [5, 5.41) is 7.69. The molecule has 156 valence electrons. The van der Waals surface area contributed by atoms with Crippen molar-refractivity contribution in [3.8, 4) is 0 Å². The third-order valence-corrected chi connectivity index (χ3v) is 5.91. The quantitative estimate of drug-likeness (QED) is 0.537. The van der Waals surface area contributed by atoms with Gasteiger partial charge in [-0.1, -0.05) is 34.1 Å². The molecule has 1 fully saturated rings. The predicted octanol–water partition coefficient (Wildman–Crippen LogP) is 3.31. The summed E-state index contributed by atoms with van der Waals surface area (Å²) in [6, 6.07) is 13.0. The topological polar surface area (TPSA) is 99.2 Å². The van der Waals surface area contributed by atoms with Crippen molar-refractivity contribution < 1.29 is 19.2 Å². The van der Waals surface area contributed by atoms with Crippen molar-refractivity contribution in [2.75, 3.05) is 9.91 Å². The van der Waals surface area contributed by atoms with E-state index in [9.17, 15) is 19.2 Å².